The number of nitrogens with zero attached hydrogens (tertiary/aromatic N) is 1. The molecule has 2 amide bonds. The van der Waals surface area contributed by atoms with Crippen LogP contribution in [-0.2, 0) is 4.79 Å². The second kappa shape index (κ2) is 6.01. The molecule has 1 saturated heterocycles. The molecule has 2 aromatic rings. The second-order valence-electron chi connectivity index (χ2n) is 5.10. The van der Waals surface area contributed by atoms with Gasteiger partial charge in [-0.05, 0) is 37.1 Å². The fraction of sp³-hybridized carbons (Fsp3) is 0.250. The summed E-state index contributed by atoms with van der Waals surface area (Å²) in [5.74, 6) is -1.01. The third kappa shape index (κ3) is 2.72. The van der Waals surface area contributed by atoms with Crippen molar-refractivity contribution in [2.75, 3.05) is 11.9 Å². The molecule has 2 heterocycles. The van der Waals surface area contributed by atoms with Gasteiger partial charge in [0.05, 0.1) is 12.0 Å². The smallest absolute Gasteiger partial charge is 0.290 e. The van der Waals surface area contributed by atoms with Gasteiger partial charge in [0.25, 0.3) is 5.91 Å². The molecule has 0 bridgehead atoms. The zero-order valence-electron chi connectivity index (χ0n) is 11.8. The van der Waals surface area contributed by atoms with E-state index in [4.69, 9.17) is 4.42 Å². The van der Waals surface area contributed by atoms with Crippen LogP contribution in [0.1, 0.15) is 23.4 Å². The van der Waals surface area contributed by atoms with Gasteiger partial charge in [-0.1, -0.05) is 12.1 Å². The molecule has 1 aromatic heterocycles. The first-order valence-corrected chi connectivity index (χ1v) is 7.06. The van der Waals surface area contributed by atoms with Gasteiger partial charge in [0.1, 0.15) is 11.9 Å². The molecular formula is C16H15FN2O3. The van der Waals surface area contributed by atoms with Gasteiger partial charge < -0.3 is 14.6 Å². The number of anilines is 1. The van der Waals surface area contributed by atoms with Crippen LogP contribution in [0.2, 0.25) is 0 Å². The van der Waals surface area contributed by atoms with Gasteiger partial charge in [0.15, 0.2) is 5.76 Å². The molecule has 3 rings (SSSR count). The molecule has 1 atom stereocenters. The normalized spacial score (nSPS) is 17.5. The molecule has 6 heteroatoms. The van der Waals surface area contributed by atoms with Crippen molar-refractivity contribution in [3.8, 4) is 0 Å². The van der Waals surface area contributed by atoms with Gasteiger partial charge >= 0.3 is 0 Å². The number of para-hydroxylation sites is 1. The molecule has 1 N–H and O–H groups in total. The Labute approximate surface area is 126 Å². The van der Waals surface area contributed by atoms with E-state index in [0.29, 0.717) is 13.0 Å². The predicted molar refractivity (Wildman–Crippen MR) is 77.8 cm³/mol. The number of hydrogen-bond donors (Lipinski definition) is 1. The summed E-state index contributed by atoms with van der Waals surface area (Å²) in [4.78, 5) is 26.1. The summed E-state index contributed by atoms with van der Waals surface area (Å²) in [5.41, 5.74) is 0.116. The van der Waals surface area contributed by atoms with Crippen LogP contribution >= 0.6 is 0 Å². The SMILES string of the molecule is O=C(Nc1ccccc1F)C1CCCN1C(=O)c1ccco1. The summed E-state index contributed by atoms with van der Waals surface area (Å²) in [6, 6.07) is 8.52. The maximum atomic E-state index is 13.6. The molecule has 0 saturated carbocycles. The number of carbonyl (C=O) groups excluding carboxylic acids is 2. The minimum atomic E-state index is -0.614. The van der Waals surface area contributed by atoms with E-state index in [0.717, 1.165) is 6.42 Å². The summed E-state index contributed by atoms with van der Waals surface area (Å²) in [6.45, 7) is 0.481. The van der Waals surface area contributed by atoms with Crippen LogP contribution < -0.4 is 5.32 Å². The third-order valence-electron chi connectivity index (χ3n) is 3.68. The van der Waals surface area contributed by atoms with E-state index in [9.17, 15) is 14.0 Å². The van der Waals surface area contributed by atoms with Crippen molar-refractivity contribution in [3.63, 3.8) is 0 Å². The first kappa shape index (κ1) is 14.3. The molecule has 0 spiro atoms. The van der Waals surface area contributed by atoms with Crippen LogP contribution in [0.25, 0.3) is 0 Å². The Bertz CT molecular complexity index is 684. The van der Waals surface area contributed by atoms with E-state index in [-0.39, 0.29) is 23.3 Å². The van der Waals surface area contributed by atoms with E-state index in [2.05, 4.69) is 5.32 Å². The summed E-state index contributed by atoms with van der Waals surface area (Å²) in [7, 11) is 0. The van der Waals surface area contributed by atoms with Gasteiger partial charge in [-0.3, -0.25) is 9.59 Å². The van der Waals surface area contributed by atoms with Crippen LogP contribution in [0.3, 0.4) is 0 Å². The highest BCUT2D eigenvalue weighted by molar-refractivity contribution is 6.00. The number of amides is 2. The summed E-state index contributed by atoms with van der Waals surface area (Å²) >= 11 is 0. The third-order valence-corrected chi connectivity index (χ3v) is 3.68. The number of carbonyl (C=O) groups is 2. The lowest BCUT2D eigenvalue weighted by Crippen LogP contribution is -2.43. The lowest BCUT2D eigenvalue weighted by molar-refractivity contribution is -0.119. The quantitative estimate of drug-likeness (QED) is 0.948. The van der Waals surface area contributed by atoms with Crippen molar-refractivity contribution in [2.24, 2.45) is 0 Å². The topological polar surface area (TPSA) is 62.6 Å². The number of furan rings is 1. The maximum Gasteiger partial charge on any atom is 0.290 e. The van der Waals surface area contributed by atoms with Gasteiger partial charge in [-0.2, -0.15) is 0 Å². The Morgan fingerprint density at radius 3 is 2.77 bits per heavy atom. The molecule has 1 aromatic carbocycles. The van der Waals surface area contributed by atoms with Crippen molar-refractivity contribution in [1.29, 1.82) is 0 Å². The van der Waals surface area contributed by atoms with Gasteiger partial charge in [-0.25, -0.2) is 4.39 Å². The molecule has 1 aliphatic rings. The highest BCUT2D eigenvalue weighted by Gasteiger charge is 2.35. The molecule has 0 radical (unpaired) electrons. The fourth-order valence-electron chi connectivity index (χ4n) is 2.60. The van der Waals surface area contributed by atoms with Crippen molar-refractivity contribution in [2.45, 2.75) is 18.9 Å². The Morgan fingerprint density at radius 2 is 2.05 bits per heavy atom. The van der Waals surface area contributed by atoms with Crippen LogP contribution in [-0.4, -0.2) is 29.3 Å². The lowest BCUT2D eigenvalue weighted by atomic mass is 10.2. The minimum absolute atomic E-state index is 0.116. The lowest BCUT2D eigenvalue weighted by Gasteiger charge is -2.23. The predicted octanol–water partition coefficient (Wildman–Crippen LogP) is 2.66. The molecule has 5 nitrogen and oxygen atoms in total. The van der Waals surface area contributed by atoms with Crippen LogP contribution in [0.5, 0.6) is 0 Å². The van der Waals surface area contributed by atoms with E-state index < -0.39 is 11.9 Å². The second-order valence-corrected chi connectivity index (χ2v) is 5.10. The number of hydrogen-bond acceptors (Lipinski definition) is 3. The molecule has 114 valence electrons. The van der Waals surface area contributed by atoms with Gasteiger partial charge in [-0.15, -0.1) is 0 Å². The Hall–Kier alpha value is -2.63. The number of rotatable bonds is 3. The Kier molecular flexibility index (Phi) is 3.91. The molecule has 1 unspecified atom stereocenters. The highest BCUT2D eigenvalue weighted by Crippen LogP contribution is 2.22. The summed E-state index contributed by atoms with van der Waals surface area (Å²) in [6.07, 6.45) is 2.69. The molecule has 1 aliphatic heterocycles. The average molecular weight is 302 g/mol. The fourth-order valence-corrected chi connectivity index (χ4v) is 2.60. The summed E-state index contributed by atoms with van der Waals surface area (Å²) < 4.78 is 18.7. The first-order valence-electron chi connectivity index (χ1n) is 7.06. The highest BCUT2D eigenvalue weighted by atomic mass is 19.1. The number of nitrogens with one attached hydrogen (secondary N) is 1. The van der Waals surface area contributed by atoms with E-state index >= 15 is 0 Å². The Balaban J connectivity index is 1.74. The first-order chi connectivity index (χ1) is 10.7. The van der Waals surface area contributed by atoms with Crippen molar-refractivity contribution >= 4 is 17.5 Å². The average Bonchev–Trinajstić information content (AvgIpc) is 3.20. The van der Waals surface area contributed by atoms with Gasteiger partial charge in [0.2, 0.25) is 5.91 Å². The van der Waals surface area contributed by atoms with Crippen molar-refractivity contribution in [3.05, 3.63) is 54.2 Å². The van der Waals surface area contributed by atoms with Crippen molar-refractivity contribution in [1.82, 2.24) is 4.90 Å². The maximum absolute atomic E-state index is 13.6. The standard InChI is InChI=1S/C16H15FN2O3/c17-11-5-1-2-6-12(11)18-15(20)13-7-3-9-19(13)16(21)14-8-4-10-22-14/h1-2,4-6,8,10,13H,3,7,9H2,(H,18,20). The van der Waals surface area contributed by atoms with Crippen LogP contribution in [0, 0.1) is 5.82 Å². The monoisotopic (exact) mass is 302 g/mol. The largest absolute Gasteiger partial charge is 0.459 e. The molecular weight excluding hydrogens is 287 g/mol. The van der Waals surface area contributed by atoms with E-state index in [1.165, 1.54) is 23.3 Å². The molecule has 22 heavy (non-hydrogen) atoms. The van der Waals surface area contributed by atoms with E-state index in [1.807, 2.05) is 0 Å². The van der Waals surface area contributed by atoms with Crippen molar-refractivity contribution < 1.29 is 18.4 Å². The summed E-state index contributed by atoms with van der Waals surface area (Å²) in [5, 5.41) is 2.54. The molecule has 0 aliphatic carbocycles. The van der Waals surface area contributed by atoms with Crippen LogP contribution in [0.4, 0.5) is 10.1 Å². The van der Waals surface area contributed by atoms with Gasteiger partial charge in [0, 0.05) is 6.54 Å². The van der Waals surface area contributed by atoms with Crippen LogP contribution in [0.15, 0.2) is 47.1 Å². The zero-order valence-corrected chi connectivity index (χ0v) is 11.8. The number of likely N-dealkylation sites (tertiary alicyclic amines) is 1. The van der Waals surface area contributed by atoms with E-state index in [1.54, 1.807) is 24.3 Å². The minimum Gasteiger partial charge on any atom is -0.459 e. The Morgan fingerprint density at radius 1 is 1.23 bits per heavy atom. The number of halogens is 1. The zero-order chi connectivity index (χ0) is 15.5. The number of benzene rings is 1. The molecule has 1 fully saturated rings.